The molecule has 1 aliphatic heterocycles. The summed E-state index contributed by atoms with van der Waals surface area (Å²) in [6.07, 6.45) is 1.49. The van der Waals surface area contributed by atoms with Crippen LogP contribution in [0.5, 0.6) is 0 Å². The molecule has 1 N–H and O–H groups in total. The standard InChI is InChI=1S/C23H20F2N4O2/c24-18-12-17(13-19(25)14-18)22(30)27-20-6-7-21(26-15-20)28-8-10-29(11-9-28)23(31)16-4-2-1-3-5-16/h1-7,12-15H,8-11H2,(H,27,30). The van der Waals surface area contributed by atoms with Gasteiger partial charge in [0, 0.05) is 43.4 Å². The van der Waals surface area contributed by atoms with Gasteiger partial charge in [-0.15, -0.1) is 0 Å². The number of halogens is 2. The van der Waals surface area contributed by atoms with Crippen LogP contribution in [-0.2, 0) is 0 Å². The Morgan fingerprint density at radius 3 is 2.13 bits per heavy atom. The fourth-order valence-corrected chi connectivity index (χ4v) is 3.44. The molecule has 8 heteroatoms. The molecule has 31 heavy (non-hydrogen) atoms. The number of aromatic nitrogens is 1. The molecule has 2 aromatic carbocycles. The summed E-state index contributed by atoms with van der Waals surface area (Å²) < 4.78 is 26.6. The first-order valence-electron chi connectivity index (χ1n) is 9.82. The van der Waals surface area contributed by atoms with Crippen LogP contribution in [0, 0.1) is 11.6 Å². The Hall–Kier alpha value is -3.81. The zero-order valence-corrected chi connectivity index (χ0v) is 16.6. The van der Waals surface area contributed by atoms with Crippen molar-refractivity contribution in [1.82, 2.24) is 9.88 Å². The average molecular weight is 422 g/mol. The summed E-state index contributed by atoms with van der Waals surface area (Å²) in [6.45, 7) is 2.44. The molecule has 1 aliphatic rings. The van der Waals surface area contributed by atoms with Crippen molar-refractivity contribution in [2.45, 2.75) is 0 Å². The maximum Gasteiger partial charge on any atom is 0.255 e. The lowest BCUT2D eigenvalue weighted by atomic mass is 10.2. The van der Waals surface area contributed by atoms with E-state index in [2.05, 4.69) is 15.2 Å². The van der Waals surface area contributed by atoms with Gasteiger partial charge in [0.15, 0.2) is 0 Å². The molecule has 0 bridgehead atoms. The van der Waals surface area contributed by atoms with Gasteiger partial charge in [-0.1, -0.05) is 18.2 Å². The molecule has 0 aliphatic carbocycles. The summed E-state index contributed by atoms with van der Waals surface area (Å²) in [5.74, 6) is -1.52. The maximum absolute atomic E-state index is 13.3. The summed E-state index contributed by atoms with van der Waals surface area (Å²) >= 11 is 0. The minimum absolute atomic E-state index is 0.0139. The molecule has 3 aromatic rings. The number of nitrogens with zero attached hydrogens (tertiary/aromatic N) is 3. The number of hydrogen-bond donors (Lipinski definition) is 1. The second kappa shape index (κ2) is 8.91. The van der Waals surface area contributed by atoms with Crippen LogP contribution < -0.4 is 10.2 Å². The van der Waals surface area contributed by atoms with Gasteiger partial charge in [0.05, 0.1) is 11.9 Å². The molecule has 1 aromatic heterocycles. The number of anilines is 2. The largest absolute Gasteiger partial charge is 0.353 e. The third-order valence-electron chi connectivity index (χ3n) is 5.04. The average Bonchev–Trinajstić information content (AvgIpc) is 2.79. The Morgan fingerprint density at radius 1 is 0.839 bits per heavy atom. The van der Waals surface area contributed by atoms with Crippen molar-refractivity contribution in [2.24, 2.45) is 0 Å². The fourth-order valence-electron chi connectivity index (χ4n) is 3.44. The second-order valence-corrected chi connectivity index (χ2v) is 7.16. The molecule has 158 valence electrons. The third-order valence-corrected chi connectivity index (χ3v) is 5.04. The van der Waals surface area contributed by atoms with Crippen molar-refractivity contribution in [1.29, 1.82) is 0 Å². The second-order valence-electron chi connectivity index (χ2n) is 7.16. The van der Waals surface area contributed by atoms with E-state index in [4.69, 9.17) is 0 Å². The topological polar surface area (TPSA) is 65.5 Å². The number of nitrogens with one attached hydrogen (secondary N) is 1. The van der Waals surface area contributed by atoms with Crippen molar-refractivity contribution in [3.05, 3.63) is 89.6 Å². The van der Waals surface area contributed by atoms with E-state index >= 15 is 0 Å². The van der Waals surface area contributed by atoms with Gasteiger partial charge >= 0.3 is 0 Å². The van der Waals surface area contributed by atoms with Crippen molar-refractivity contribution in [2.75, 3.05) is 36.4 Å². The van der Waals surface area contributed by atoms with Crippen molar-refractivity contribution >= 4 is 23.3 Å². The first-order chi connectivity index (χ1) is 15.0. The van der Waals surface area contributed by atoms with Crippen LogP contribution in [0.3, 0.4) is 0 Å². The SMILES string of the molecule is O=C(Nc1ccc(N2CCN(C(=O)c3ccccc3)CC2)nc1)c1cc(F)cc(F)c1. The molecule has 4 rings (SSSR count). The molecule has 0 radical (unpaired) electrons. The van der Waals surface area contributed by atoms with Gasteiger partial charge in [-0.05, 0) is 36.4 Å². The number of carbonyl (C=O) groups is 2. The zero-order valence-electron chi connectivity index (χ0n) is 16.6. The highest BCUT2D eigenvalue weighted by Gasteiger charge is 2.22. The summed E-state index contributed by atoms with van der Waals surface area (Å²) in [6, 6.07) is 15.3. The van der Waals surface area contributed by atoms with Gasteiger partial charge in [0.1, 0.15) is 17.5 Å². The van der Waals surface area contributed by atoms with Crippen molar-refractivity contribution in [3.8, 4) is 0 Å². The lowest BCUT2D eigenvalue weighted by molar-refractivity contribution is 0.0746. The van der Waals surface area contributed by atoms with E-state index in [0.717, 1.165) is 18.0 Å². The first kappa shape index (κ1) is 20.5. The number of benzene rings is 2. The summed E-state index contributed by atoms with van der Waals surface area (Å²) in [5, 5.41) is 2.58. The molecular weight excluding hydrogens is 402 g/mol. The van der Waals surface area contributed by atoms with E-state index in [1.807, 2.05) is 35.2 Å². The monoisotopic (exact) mass is 422 g/mol. The Balaban J connectivity index is 1.34. The predicted octanol–water partition coefficient (Wildman–Crippen LogP) is 3.57. The van der Waals surface area contributed by atoms with Crippen LogP contribution in [-0.4, -0.2) is 47.9 Å². The number of piperazine rings is 1. The van der Waals surface area contributed by atoms with Gasteiger partial charge in [0.25, 0.3) is 11.8 Å². The summed E-state index contributed by atoms with van der Waals surface area (Å²) in [4.78, 5) is 33.0. The highest BCUT2D eigenvalue weighted by molar-refractivity contribution is 6.04. The van der Waals surface area contributed by atoms with E-state index in [9.17, 15) is 18.4 Å². The minimum atomic E-state index is -0.816. The van der Waals surface area contributed by atoms with Crippen molar-refractivity contribution < 1.29 is 18.4 Å². The molecule has 6 nitrogen and oxygen atoms in total. The summed E-state index contributed by atoms with van der Waals surface area (Å²) in [5.41, 5.74) is 0.976. The number of pyridine rings is 1. The molecule has 0 spiro atoms. The molecule has 1 saturated heterocycles. The van der Waals surface area contributed by atoms with Crippen LogP contribution in [0.4, 0.5) is 20.3 Å². The Bertz CT molecular complexity index is 1060. The van der Waals surface area contributed by atoms with Gasteiger partial charge < -0.3 is 15.1 Å². The Kier molecular flexibility index (Phi) is 5.88. The predicted molar refractivity (Wildman–Crippen MR) is 113 cm³/mol. The fraction of sp³-hybridized carbons (Fsp3) is 0.174. The van der Waals surface area contributed by atoms with E-state index in [0.29, 0.717) is 43.5 Å². The number of rotatable bonds is 4. The van der Waals surface area contributed by atoms with E-state index in [1.165, 1.54) is 6.20 Å². The Morgan fingerprint density at radius 2 is 1.52 bits per heavy atom. The van der Waals surface area contributed by atoms with E-state index in [1.54, 1.807) is 12.1 Å². The number of hydrogen-bond acceptors (Lipinski definition) is 4. The highest BCUT2D eigenvalue weighted by Crippen LogP contribution is 2.18. The van der Waals surface area contributed by atoms with Gasteiger partial charge in [0.2, 0.25) is 0 Å². The van der Waals surface area contributed by atoms with Crippen LogP contribution >= 0.6 is 0 Å². The number of carbonyl (C=O) groups excluding carboxylic acids is 2. The van der Waals surface area contributed by atoms with Crippen LogP contribution in [0.15, 0.2) is 66.9 Å². The summed E-state index contributed by atoms with van der Waals surface area (Å²) in [7, 11) is 0. The van der Waals surface area contributed by atoms with Crippen LogP contribution in [0.2, 0.25) is 0 Å². The van der Waals surface area contributed by atoms with Crippen LogP contribution in [0.25, 0.3) is 0 Å². The maximum atomic E-state index is 13.3. The minimum Gasteiger partial charge on any atom is -0.353 e. The molecule has 0 saturated carbocycles. The smallest absolute Gasteiger partial charge is 0.255 e. The lowest BCUT2D eigenvalue weighted by Gasteiger charge is -2.35. The lowest BCUT2D eigenvalue weighted by Crippen LogP contribution is -2.49. The highest BCUT2D eigenvalue weighted by atomic mass is 19.1. The Labute approximate surface area is 178 Å². The molecule has 0 atom stereocenters. The van der Waals surface area contributed by atoms with Gasteiger partial charge in [-0.2, -0.15) is 0 Å². The van der Waals surface area contributed by atoms with Gasteiger partial charge in [-0.3, -0.25) is 9.59 Å². The van der Waals surface area contributed by atoms with E-state index < -0.39 is 17.5 Å². The zero-order chi connectivity index (χ0) is 21.8. The first-order valence-corrected chi connectivity index (χ1v) is 9.82. The van der Waals surface area contributed by atoms with E-state index in [-0.39, 0.29) is 11.5 Å². The van der Waals surface area contributed by atoms with Crippen LogP contribution in [0.1, 0.15) is 20.7 Å². The molecule has 2 heterocycles. The van der Waals surface area contributed by atoms with Crippen molar-refractivity contribution in [3.63, 3.8) is 0 Å². The quantitative estimate of drug-likeness (QED) is 0.698. The number of amides is 2. The normalized spacial score (nSPS) is 13.7. The molecule has 0 unspecified atom stereocenters. The molecular formula is C23H20F2N4O2. The van der Waals surface area contributed by atoms with Gasteiger partial charge in [-0.25, -0.2) is 13.8 Å². The molecule has 1 fully saturated rings. The molecule has 2 amide bonds. The third kappa shape index (κ3) is 4.85.